The fourth-order valence-corrected chi connectivity index (χ4v) is 2.31. The number of nitrogens with zero attached hydrogens (tertiary/aromatic N) is 1. The van der Waals surface area contributed by atoms with Gasteiger partial charge in [-0.15, -0.1) is 0 Å². The number of carbonyl (C=O) groups is 1. The van der Waals surface area contributed by atoms with Crippen molar-refractivity contribution in [3.63, 3.8) is 0 Å². The molecule has 0 aliphatic rings. The molecule has 0 saturated carbocycles. The molecular formula is C18H16ClNO4. The van der Waals surface area contributed by atoms with Crippen LogP contribution in [0, 0.1) is 0 Å². The molecule has 0 saturated heterocycles. The lowest BCUT2D eigenvalue weighted by Crippen LogP contribution is -2.33. The summed E-state index contributed by atoms with van der Waals surface area (Å²) in [5, 5.41) is 0.617. The smallest absolute Gasteiger partial charge is 0.261 e. The van der Waals surface area contributed by atoms with Crippen LogP contribution in [0.25, 0.3) is 0 Å². The SMILES string of the molecule is O=C(COc1ccc(Cl)cc1)N(Cc1ccco1)Cc1ccco1. The minimum absolute atomic E-state index is 0.0803. The van der Waals surface area contributed by atoms with Crippen molar-refractivity contribution in [2.75, 3.05) is 6.61 Å². The maximum atomic E-state index is 12.5. The molecule has 5 nitrogen and oxygen atoms in total. The van der Waals surface area contributed by atoms with E-state index in [2.05, 4.69) is 0 Å². The molecule has 2 aromatic heterocycles. The summed E-state index contributed by atoms with van der Waals surface area (Å²) in [6.07, 6.45) is 3.16. The van der Waals surface area contributed by atoms with Crippen molar-refractivity contribution in [3.05, 3.63) is 77.6 Å². The van der Waals surface area contributed by atoms with Crippen molar-refractivity contribution in [1.82, 2.24) is 4.90 Å². The van der Waals surface area contributed by atoms with E-state index in [1.807, 2.05) is 12.1 Å². The van der Waals surface area contributed by atoms with Gasteiger partial charge in [0.2, 0.25) is 0 Å². The van der Waals surface area contributed by atoms with E-state index in [0.29, 0.717) is 35.4 Å². The van der Waals surface area contributed by atoms with Crippen LogP contribution in [0.3, 0.4) is 0 Å². The molecule has 24 heavy (non-hydrogen) atoms. The zero-order valence-corrected chi connectivity index (χ0v) is 13.6. The van der Waals surface area contributed by atoms with Crippen LogP contribution in [0.4, 0.5) is 0 Å². The van der Waals surface area contributed by atoms with Crippen molar-refractivity contribution in [2.45, 2.75) is 13.1 Å². The molecule has 3 rings (SSSR count). The van der Waals surface area contributed by atoms with Gasteiger partial charge in [0.05, 0.1) is 25.6 Å². The molecule has 124 valence electrons. The second-order valence-corrected chi connectivity index (χ2v) is 5.59. The molecule has 0 spiro atoms. The van der Waals surface area contributed by atoms with Crippen molar-refractivity contribution in [3.8, 4) is 5.75 Å². The Balaban J connectivity index is 1.64. The van der Waals surface area contributed by atoms with Gasteiger partial charge in [0.1, 0.15) is 17.3 Å². The van der Waals surface area contributed by atoms with Gasteiger partial charge < -0.3 is 18.5 Å². The molecule has 0 fully saturated rings. The highest BCUT2D eigenvalue weighted by Crippen LogP contribution is 2.16. The minimum Gasteiger partial charge on any atom is -0.484 e. The van der Waals surface area contributed by atoms with E-state index in [1.165, 1.54) is 0 Å². The van der Waals surface area contributed by atoms with Gasteiger partial charge in [-0.3, -0.25) is 4.79 Å². The van der Waals surface area contributed by atoms with E-state index in [-0.39, 0.29) is 12.5 Å². The van der Waals surface area contributed by atoms with Crippen LogP contribution in [0.15, 0.2) is 69.9 Å². The van der Waals surface area contributed by atoms with Crippen LogP contribution in [-0.4, -0.2) is 17.4 Å². The third-order valence-corrected chi connectivity index (χ3v) is 3.63. The van der Waals surface area contributed by atoms with Crippen LogP contribution < -0.4 is 4.74 Å². The van der Waals surface area contributed by atoms with Gasteiger partial charge in [-0.2, -0.15) is 0 Å². The second-order valence-electron chi connectivity index (χ2n) is 5.15. The summed E-state index contributed by atoms with van der Waals surface area (Å²) in [5.74, 6) is 1.81. The average Bonchev–Trinajstić information content (AvgIpc) is 3.27. The van der Waals surface area contributed by atoms with Gasteiger partial charge >= 0.3 is 0 Å². The van der Waals surface area contributed by atoms with Gasteiger partial charge in [-0.1, -0.05) is 11.6 Å². The first-order valence-corrected chi connectivity index (χ1v) is 7.79. The van der Waals surface area contributed by atoms with Crippen molar-refractivity contribution in [2.24, 2.45) is 0 Å². The topological polar surface area (TPSA) is 55.8 Å². The van der Waals surface area contributed by atoms with E-state index in [9.17, 15) is 4.79 Å². The molecule has 0 N–H and O–H groups in total. The highest BCUT2D eigenvalue weighted by molar-refractivity contribution is 6.30. The summed E-state index contributed by atoms with van der Waals surface area (Å²) < 4.78 is 16.2. The summed E-state index contributed by atoms with van der Waals surface area (Å²) >= 11 is 5.83. The number of ether oxygens (including phenoxy) is 1. The Morgan fingerprint density at radius 3 is 2.04 bits per heavy atom. The first kappa shape index (κ1) is 16.2. The molecule has 1 amide bonds. The maximum absolute atomic E-state index is 12.5. The Kier molecular flexibility index (Phi) is 5.23. The number of hydrogen-bond acceptors (Lipinski definition) is 4. The zero-order chi connectivity index (χ0) is 16.8. The summed E-state index contributed by atoms with van der Waals surface area (Å²) in [5.41, 5.74) is 0. The number of carbonyl (C=O) groups excluding carboxylic acids is 1. The number of furan rings is 2. The third kappa shape index (κ3) is 4.43. The lowest BCUT2D eigenvalue weighted by Gasteiger charge is -2.20. The number of halogens is 1. The Morgan fingerprint density at radius 1 is 0.958 bits per heavy atom. The lowest BCUT2D eigenvalue weighted by molar-refractivity contribution is -0.135. The Bertz CT molecular complexity index is 715. The predicted molar refractivity (Wildman–Crippen MR) is 88.6 cm³/mol. The van der Waals surface area contributed by atoms with E-state index >= 15 is 0 Å². The van der Waals surface area contributed by atoms with E-state index in [4.69, 9.17) is 25.2 Å². The molecule has 0 aliphatic carbocycles. The minimum atomic E-state index is -0.169. The van der Waals surface area contributed by atoms with E-state index in [1.54, 1.807) is 53.8 Å². The molecule has 1 aromatic carbocycles. The van der Waals surface area contributed by atoms with Crippen LogP contribution in [0.2, 0.25) is 5.02 Å². The summed E-state index contributed by atoms with van der Waals surface area (Å²) in [6.45, 7) is 0.607. The molecule has 6 heteroatoms. The first-order chi connectivity index (χ1) is 11.7. The number of benzene rings is 1. The first-order valence-electron chi connectivity index (χ1n) is 7.41. The highest BCUT2D eigenvalue weighted by atomic mass is 35.5. The number of hydrogen-bond donors (Lipinski definition) is 0. The largest absolute Gasteiger partial charge is 0.484 e. The van der Waals surface area contributed by atoms with Gasteiger partial charge in [0.15, 0.2) is 6.61 Å². The summed E-state index contributed by atoms with van der Waals surface area (Å²) in [6, 6.07) is 14.1. The van der Waals surface area contributed by atoms with Crippen LogP contribution in [0.5, 0.6) is 5.75 Å². The Morgan fingerprint density at radius 2 is 1.54 bits per heavy atom. The molecule has 0 atom stereocenters. The highest BCUT2D eigenvalue weighted by Gasteiger charge is 2.18. The Labute approximate surface area is 144 Å². The molecule has 0 unspecified atom stereocenters. The monoisotopic (exact) mass is 345 g/mol. The standard InChI is InChI=1S/C18H16ClNO4/c19-14-5-7-15(8-6-14)24-13-18(21)20(11-16-3-1-9-22-16)12-17-4-2-10-23-17/h1-10H,11-13H2. The summed E-state index contributed by atoms with van der Waals surface area (Å²) in [4.78, 5) is 14.1. The fraction of sp³-hybridized carbons (Fsp3) is 0.167. The number of amides is 1. The molecule has 0 bridgehead atoms. The third-order valence-electron chi connectivity index (χ3n) is 3.38. The second kappa shape index (κ2) is 7.75. The lowest BCUT2D eigenvalue weighted by atomic mass is 10.3. The number of rotatable bonds is 7. The van der Waals surface area contributed by atoms with Crippen LogP contribution in [-0.2, 0) is 17.9 Å². The molecule has 2 heterocycles. The maximum Gasteiger partial charge on any atom is 0.261 e. The normalized spacial score (nSPS) is 10.5. The van der Waals surface area contributed by atoms with Gasteiger partial charge in [-0.25, -0.2) is 0 Å². The van der Waals surface area contributed by atoms with Crippen LogP contribution >= 0.6 is 11.6 Å². The zero-order valence-electron chi connectivity index (χ0n) is 12.9. The quantitative estimate of drug-likeness (QED) is 0.646. The average molecular weight is 346 g/mol. The van der Waals surface area contributed by atoms with Gasteiger partial charge in [0.25, 0.3) is 5.91 Å². The molecule has 0 radical (unpaired) electrons. The van der Waals surface area contributed by atoms with E-state index in [0.717, 1.165) is 0 Å². The molecular weight excluding hydrogens is 330 g/mol. The van der Waals surface area contributed by atoms with Gasteiger partial charge in [0, 0.05) is 5.02 Å². The van der Waals surface area contributed by atoms with Crippen LogP contribution in [0.1, 0.15) is 11.5 Å². The van der Waals surface area contributed by atoms with Gasteiger partial charge in [-0.05, 0) is 48.5 Å². The van der Waals surface area contributed by atoms with Crippen molar-refractivity contribution < 1.29 is 18.4 Å². The fourth-order valence-electron chi connectivity index (χ4n) is 2.18. The Hall–Kier alpha value is -2.66. The van der Waals surface area contributed by atoms with E-state index < -0.39 is 0 Å². The molecule has 3 aromatic rings. The molecule has 0 aliphatic heterocycles. The van der Waals surface area contributed by atoms with Crippen molar-refractivity contribution in [1.29, 1.82) is 0 Å². The summed E-state index contributed by atoms with van der Waals surface area (Å²) in [7, 11) is 0. The van der Waals surface area contributed by atoms with Crippen molar-refractivity contribution >= 4 is 17.5 Å². The predicted octanol–water partition coefficient (Wildman–Crippen LogP) is 4.13.